The van der Waals surface area contributed by atoms with Gasteiger partial charge >= 0.3 is 0 Å². The summed E-state index contributed by atoms with van der Waals surface area (Å²) in [4.78, 5) is 17.8. The van der Waals surface area contributed by atoms with E-state index in [2.05, 4.69) is 22.9 Å². The molecule has 1 amide bonds. The number of hydrogen-bond donors (Lipinski definition) is 0. The number of carbonyl (C=O) groups is 1. The Labute approximate surface area is 188 Å². The van der Waals surface area contributed by atoms with E-state index in [-0.39, 0.29) is 18.6 Å². The maximum atomic E-state index is 13.4. The smallest absolute Gasteiger partial charge is 0.290 e. The van der Waals surface area contributed by atoms with Crippen molar-refractivity contribution in [3.8, 4) is 11.5 Å². The summed E-state index contributed by atoms with van der Waals surface area (Å²) in [6.07, 6.45) is 0.866. The van der Waals surface area contributed by atoms with Crippen LogP contribution in [0.4, 0.5) is 0 Å². The number of hydrogen-bond acceptors (Lipinski definition) is 6. The molecule has 0 bridgehead atoms. The average Bonchev–Trinajstić information content (AvgIpc) is 3.58. The first-order valence-electron chi connectivity index (χ1n) is 10.00. The molecule has 0 aliphatic carbocycles. The molecule has 31 heavy (non-hydrogen) atoms. The van der Waals surface area contributed by atoms with Gasteiger partial charge in [0.25, 0.3) is 5.91 Å². The highest BCUT2D eigenvalue weighted by Gasteiger charge is 2.35. The van der Waals surface area contributed by atoms with E-state index in [1.54, 1.807) is 41.9 Å². The van der Waals surface area contributed by atoms with Crippen LogP contribution in [-0.2, 0) is 13.0 Å². The first kappa shape index (κ1) is 19.9. The van der Waals surface area contributed by atoms with Crippen molar-refractivity contribution < 1.29 is 18.7 Å². The quantitative estimate of drug-likeness (QED) is 0.373. The van der Waals surface area contributed by atoms with E-state index >= 15 is 0 Å². The van der Waals surface area contributed by atoms with Gasteiger partial charge in [0.1, 0.15) is 12.4 Å². The number of fused-ring (bicyclic) bond motifs is 1. The van der Waals surface area contributed by atoms with E-state index in [4.69, 9.17) is 13.9 Å². The highest BCUT2D eigenvalue weighted by Crippen LogP contribution is 2.40. The molecule has 1 unspecified atom stereocenters. The van der Waals surface area contributed by atoms with Crippen LogP contribution in [0.5, 0.6) is 11.5 Å². The number of thiophene rings is 2. The fraction of sp³-hybridized carbons (Fsp3) is 0.208. The van der Waals surface area contributed by atoms with Crippen molar-refractivity contribution in [2.75, 3.05) is 13.7 Å². The van der Waals surface area contributed by atoms with Crippen LogP contribution in [-0.4, -0.2) is 24.5 Å². The molecule has 1 aromatic carbocycles. The molecule has 4 heterocycles. The second-order valence-corrected chi connectivity index (χ2v) is 9.15. The molecule has 5 nitrogen and oxygen atoms in total. The SMILES string of the molecule is COc1ccccc1OCc1ccc(C(=O)N2CCc3sccc3C2c2cccs2)o1. The topological polar surface area (TPSA) is 51.9 Å². The van der Waals surface area contributed by atoms with Gasteiger partial charge in [0.2, 0.25) is 0 Å². The Bertz CT molecular complexity index is 1180. The minimum atomic E-state index is -0.0983. The molecule has 0 saturated heterocycles. The number of ether oxygens (including phenoxy) is 2. The van der Waals surface area contributed by atoms with Crippen molar-refractivity contribution >= 4 is 28.6 Å². The zero-order chi connectivity index (χ0) is 21.2. The van der Waals surface area contributed by atoms with Gasteiger partial charge in [-0.15, -0.1) is 22.7 Å². The molecule has 1 atom stereocenters. The molecule has 7 heteroatoms. The molecule has 0 saturated carbocycles. The summed E-state index contributed by atoms with van der Waals surface area (Å²) < 4.78 is 17.0. The Morgan fingerprint density at radius 1 is 1.06 bits per heavy atom. The molecular weight excluding hydrogens is 430 g/mol. The molecule has 1 aliphatic heterocycles. The Morgan fingerprint density at radius 3 is 2.74 bits per heavy atom. The number of furan rings is 1. The lowest BCUT2D eigenvalue weighted by Gasteiger charge is -2.34. The first-order chi connectivity index (χ1) is 15.2. The van der Waals surface area contributed by atoms with Gasteiger partial charge in [0.05, 0.1) is 13.2 Å². The second-order valence-electron chi connectivity index (χ2n) is 7.17. The molecule has 0 N–H and O–H groups in total. The largest absolute Gasteiger partial charge is 0.493 e. The van der Waals surface area contributed by atoms with E-state index in [0.29, 0.717) is 29.6 Å². The van der Waals surface area contributed by atoms with Crippen LogP contribution >= 0.6 is 22.7 Å². The molecule has 5 rings (SSSR count). The lowest BCUT2D eigenvalue weighted by atomic mass is 9.98. The lowest BCUT2D eigenvalue weighted by Crippen LogP contribution is -2.39. The van der Waals surface area contributed by atoms with Crippen LogP contribution in [0.3, 0.4) is 0 Å². The van der Waals surface area contributed by atoms with Crippen molar-refractivity contribution in [1.82, 2.24) is 4.90 Å². The van der Waals surface area contributed by atoms with Crippen molar-refractivity contribution in [2.24, 2.45) is 0 Å². The van der Waals surface area contributed by atoms with Gasteiger partial charge in [-0.25, -0.2) is 0 Å². The predicted molar refractivity (Wildman–Crippen MR) is 121 cm³/mol. The van der Waals surface area contributed by atoms with Crippen LogP contribution in [0.25, 0.3) is 0 Å². The highest BCUT2D eigenvalue weighted by atomic mass is 32.1. The van der Waals surface area contributed by atoms with E-state index in [9.17, 15) is 4.79 Å². The summed E-state index contributed by atoms with van der Waals surface area (Å²) in [5.41, 5.74) is 1.22. The third-order valence-electron chi connectivity index (χ3n) is 5.35. The van der Waals surface area contributed by atoms with Crippen LogP contribution in [0, 0.1) is 0 Å². The van der Waals surface area contributed by atoms with Gasteiger partial charge in [-0.1, -0.05) is 18.2 Å². The predicted octanol–water partition coefficient (Wildman–Crippen LogP) is 5.78. The minimum Gasteiger partial charge on any atom is -0.493 e. The number of benzene rings is 1. The summed E-state index contributed by atoms with van der Waals surface area (Å²) >= 11 is 3.44. The van der Waals surface area contributed by atoms with E-state index in [0.717, 1.165) is 6.42 Å². The highest BCUT2D eigenvalue weighted by molar-refractivity contribution is 7.10. The monoisotopic (exact) mass is 451 g/mol. The number of rotatable bonds is 6. The minimum absolute atomic E-state index is 0.0686. The summed E-state index contributed by atoms with van der Waals surface area (Å²) in [5, 5.41) is 4.16. The number of amides is 1. The summed E-state index contributed by atoms with van der Waals surface area (Å²) in [5.74, 6) is 2.12. The van der Waals surface area contributed by atoms with Gasteiger partial charge in [0.15, 0.2) is 17.3 Å². The molecule has 0 fully saturated rings. The summed E-state index contributed by atoms with van der Waals surface area (Å²) in [6, 6.07) is 17.2. The standard InChI is InChI=1S/C24H21NO4S2/c1-27-18-5-2-3-6-19(18)28-15-16-8-9-20(29-16)24(26)25-12-10-21-17(11-14-31-21)23(25)22-7-4-13-30-22/h2-9,11,13-14,23H,10,12,15H2,1H3. The number of nitrogens with zero attached hydrogens (tertiary/aromatic N) is 1. The third kappa shape index (κ3) is 3.86. The fourth-order valence-corrected chi connectivity index (χ4v) is 5.65. The molecule has 0 radical (unpaired) electrons. The van der Waals surface area contributed by atoms with Gasteiger partial charge < -0.3 is 18.8 Å². The van der Waals surface area contributed by atoms with Crippen molar-refractivity contribution in [2.45, 2.75) is 19.1 Å². The van der Waals surface area contributed by atoms with Crippen molar-refractivity contribution in [3.05, 3.63) is 92.2 Å². The number of para-hydroxylation sites is 2. The normalized spacial score (nSPS) is 15.5. The van der Waals surface area contributed by atoms with E-state index in [1.165, 1.54) is 15.3 Å². The van der Waals surface area contributed by atoms with Crippen LogP contribution in [0.15, 0.2) is 69.8 Å². The molecule has 4 aromatic rings. The maximum Gasteiger partial charge on any atom is 0.290 e. The summed E-state index contributed by atoms with van der Waals surface area (Å²) in [7, 11) is 1.60. The molecule has 1 aliphatic rings. The van der Waals surface area contributed by atoms with Crippen LogP contribution < -0.4 is 9.47 Å². The first-order valence-corrected chi connectivity index (χ1v) is 11.8. The number of carbonyl (C=O) groups excluding carboxylic acids is 1. The van der Waals surface area contributed by atoms with Crippen LogP contribution in [0.2, 0.25) is 0 Å². The van der Waals surface area contributed by atoms with Crippen molar-refractivity contribution in [1.29, 1.82) is 0 Å². The van der Waals surface area contributed by atoms with E-state index in [1.807, 2.05) is 35.2 Å². The molecular formula is C24H21NO4S2. The Kier molecular flexibility index (Phi) is 5.53. The van der Waals surface area contributed by atoms with Crippen LogP contribution in [0.1, 0.15) is 37.7 Å². The Hall–Kier alpha value is -3.03. The summed E-state index contributed by atoms with van der Waals surface area (Å²) in [6.45, 7) is 0.888. The Morgan fingerprint density at radius 2 is 1.94 bits per heavy atom. The van der Waals surface area contributed by atoms with E-state index < -0.39 is 0 Å². The van der Waals surface area contributed by atoms with Gasteiger partial charge in [0, 0.05) is 16.3 Å². The zero-order valence-electron chi connectivity index (χ0n) is 16.9. The van der Waals surface area contributed by atoms with Gasteiger partial charge in [-0.3, -0.25) is 4.79 Å². The third-order valence-corrected chi connectivity index (χ3v) is 7.27. The molecule has 0 spiro atoms. The number of methoxy groups -OCH3 is 1. The van der Waals surface area contributed by atoms with Gasteiger partial charge in [-0.2, -0.15) is 0 Å². The zero-order valence-corrected chi connectivity index (χ0v) is 18.6. The van der Waals surface area contributed by atoms with Gasteiger partial charge in [-0.05, 0) is 59.1 Å². The molecule has 3 aromatic heterocycles. The maximum absolute atomic E-state index is 13.4. The fourth-order valence-electron chi connectivity index (χ4n) is 3.89. The van der Waals surface area contributed by atoms with Crippen molar-refractivity contribution in [3.63, 3.8) is 0 Å². The Balaban J connectivity index is 1.35. The second kappa shape index (κ2) is 8.61. The average molecular weight is 452 g/mol. The lowest BCUT2D eigenvalue weighted by molar-refractivity contribution is 0.0662. The molecule has 158 valence electrons.